The van der Waals surface area contributed by atoms with E-state index in [4.69, 9.17) is 4.74 Å². The zero-order valence-corrected chi connectivity index (χ0v) is 17.6. The molecule has 0 saturated heterocycles. The summed E-state index contributed by atoms with van der Waals surface area (Å²) >= 11 is 1.76. The van der Waals surface area contributed by atoms with Gasteiger partial charge in [-0.2, -0.15) is 11.8 Å². The molecule has 0 fully saturated rings. The average Bonchev–Trinajstić information content (AvgIpc) is 3.06. The van der Waals surface area contributed by atoms with Crippen LogP contribution < -0.4 is 16.0 Å². The Morgan fingerprint density at radius 1 is 1.14 bits per heavy atom. The van der Waals surface area contributed by atoms with Gasteiger partial charge in [-0.25, -0.2) is 9.78 Å². The number of hydrogen-bond acceptors (Lipinski definition) is 5. The van der Waals surface area contributed by atoms with Gasteiger partial charge in [0.1, 0.15) is 5.75 Å². The summed E-state index contributed by atoms with van der Waals surface area (Å²) in [6.07, 6.45) is 2.30. The minimum atomic E-state index is -0.320. The summed E-state index contributed by atoms with van der Waals surface area (Å²) in [5.74, 6) is 2.65. The predicted molar refractivity (Wildman–Crippen MR) is 114 cm³/mol. The van der Waals surface area contributed by atoms with E-state index < -0.39 is 0 Å². The molecule has 1 aromatic carbocycles. The molecule has 0 spiro atoms. The van der Waals surface area contributed by atoms with Crippen LogP contribution in [0.15, 0.2) is 34.1 Å². The van der Waals surface area contributed by atoms with Crippen LogP contribution >= 0.6 is 11.8 Å². The minimum absolute atomic E-state index is 0.277. The van der Waals surface area contributed by atoms with Crippen molar-refractivity contribution in [2.45, 2.75) is 26.8 Å². The molecule has 7 nitrogen and oxygen atoms in total. The van der Waals surface area contributed by atoms with Crippen molar-refractivity contribution >= 4 is 22.9 Å². The van der Waals surface area contributed by atoms with Gasteiger partial charge in [-0.1, -0.05) is 12.1 Å². The smallest absolute Gasteiger partial charge is 0.332 e. The van der Waals surface area contributed by atoms with Crippen LogP contribution in [0.5, 0.6) is 5.75 Å². The van der Waals surface area contributed by atoms with Crippen LogP contribution in [0.1, 0.15) is 17.5 Å². The molecule has 0 N–H and O–H groups in total. The molecule has 3 rings (SSSR count). The van der Waals surface area contributed by atoms with E-state index in [0.29, 0.717) is 24.3 Å². The summed E-state index contributed by atoms with van der Waals surface area (Å²) in [4.78, 5) is 29.2. The Balaban J connectivity index is 1.51. The first-order valence-electron chi connectivity index (χ1n) is 9.29. The third-order valence-corrected chi connectivity index (χ3v) is 5.73. The van der Waals surface area contributed by atoms with Crippen LogP contribution in [0.3, 0.4) is 0 Å². The molecule has 3 aromatic rings. The van der Waals surface area contributed by atoms with Gasteiger partial charge in [-0.15, -0.1) is 0 Å². The summed E-state index contributed by atoms with van der Waals surface area (Å²) in [5, 5.41) is 0. The second-order valence-corrected chi connectivity index (χ2v) is 8.13. The molecule has 0 saturated carbocycles. The van der Waals surface area contributed by atoms with Crippen molar-refractivity contribution in [2.75, 3.05) is 18.1 Å². The lowest BCUT2D eigenvalue weighted by Crippen LogP contribution is -2.39. The van der Waals surface area contributed by atoms with Crippen LogP contribution in [0.2, 0.25) is 0 Å². The van der Waals surface area contributed by atoms with Crippen molar-refractivity contribution in [3.8, 4) is 5.75 Å². The molecule has 0 atom stereocenters. The fourth-order valence-corrected chi connectivity index (χ4v) is 3.83. The molecule has 0 bridgehead atoms. The van der Waals surface area contributed by atoms with Crippen molar-refractivity contribution in [3.05, 3.63) is 56.5 Å². The summed E-state index contributed by atoms with van der Waals surface area (Å²) in [6.45, 7) is 5.13. The molecule has 0 amide bonds. The Morgan fingerprint density at radius 3 is 2.71 bits per heavy atom. The lowest BCUT2D eigenvalue weighted by molar-refractivity contribution is 0.341. The number of aryl methyl sites for hydroxylation is 4. The second-order valence-electron chi connectivity index (χ2n) is 6.91. The van der Waals surface area contributed by atoms with E-state index >= 15 is 0 Å². The second kappa shape index (κ2) is 8.68. The van der Waals surface area contributed by atoms with Crippen LogP contribution in [0.25, 0.3) is 11.2 Å². The van der Waals surface area contributed by atoms with Gasteiger partial charge in [0.25, 0.3) is 5.56 Å². The maximum absolute atomic E-state index is 12.6. The van der Waals surface area contributed by atoms with Gasteiger partial charge in [-0.05, 0) is 43.2 Å². The third kappa shape index (κ3) is 4.16. The van der Waals surface area contributed by atoms with E-state index in [2.05, 4.69) is 30.1 Å². The number of nitrogens with zero attached hydrogens (tertiary/aromatic N) is 4. The largest absolute Gasteiger partial charge is 0.492 e. The standard InChI is InChI=1S/C20H26N4O3S/c1-14-6-7-15(2)16(12-14)27-9-11-28-10-5-8-24-19(25)17-18(21-13-22(17)3)23(4)20(24)26/h6-7,12-13H,5,8-11H2,1-4H3. The first-order valence-corrected chi connectivity index (χ1v) is 10.4. The Bertz CT molecular complexity index is 1100. The molecular weight excluding hydrogens is 376 g/mol. The zero-order chi connectivity index (χ0) is 20.3. The molecule has 0 aliphatic heterocycles. The molecular formula is C20H26N4O3S. The number of rotatable bonds is 8. The number of thioether (sulfide) groups is 1. The van der Waals surface area contributed by atoms with E-state index in [9.17, 15) is 9.59 Å². The summed E-state index contributed by atoms with van der Waals surface area (Å²) < 4.78 is 10.2. The summed E-state index contributed by atoms with van der Waals surface area (Å²) in [5.41, 5.74) is 2.60. The predicted octanol–water partition coefficient (Wildman–Crippen LogP) is 2.25. The number of ether oxygens (including phenoxy) is 1. The van der Waals surface area contributed by atoms with Crippen molar-refractivity contribution in [1.82, 2.24) is 18.7 Å². The third-order valence-electron chi connectivity index (χ3n) is 4.70. The molecule has 0 aliphatic rings. The maximum atomic E-state index is 12.6. The zero-order valence-electron chi connectivity index (χ0n) is 16.8. The molecule has 28 heavy (non-hydrogen) atoms. The van der Waals surface area contributed by atoms with Gasteiger partial charge >= 0.3 is 5.69 Å². The SMILES string of the molecule is Cc1ccc(C)c(OCCSCCCn2c(=O)c3c(ncn3C)n(C)c2=O)c1. The first kappa shape index (κ1) is 20.3. The Labute approximate surface area is 168 Å². The lowest BCUT2D eigenvalue weighted by atomic mass is 10.1. The van der Waals surface area contributed by atoms with Gasteiger partial charge in [0.15, 0.2) is 11.2 Å². The van der Waals surface area contributed by atoms with E-state index in [1.54, 1.807) is 36.8 Å². The van der Waals surface area contributed by atoms with Gasteiger partial charge in [0.05, 0.1) is 12.9 Å². The van der Waals surface area contributed by atoms with Gasteiger partial charge < -0.3 is 9.30 Å². The van der Waals surface area contributed by atoms with E-state index in [0.717, 1.165) is 29.2 Å². The number of benzene rings is 1. The normalized spacial score (nSPS) is 11.3. The average molecular weight is 403 g/mol. The molecule has 2 aromatic heterocycles. The van der Waals surface area contributed by atoms with Crippen molar-refractivity contribution in [1.29, 1.82) is 0 Å². The molecule has 8 heteroatoms. The fraction of sp³-hybridized carbons (Fsp3) is 0.450. The summed E-state index contributed by atoms with van der Waals surface area (Å²) in [6, 6.07) is 6.19. The monoisotopic (exact) mass is 402 g/mol. The van der Waals surface area contributed by atoms with E-state index in [1.165, 1.54) is 14.7 Å². The van der Waals surface area contributed by atoms with Gasteiger partial charge in [0.2, 0.25) is 0 Å². The lowest BCUT2D eigenvalue weighted by Gasteiger charge is -2.10. The van der Waals surface area contributed by atoms with Gasteiger partial charge in [-0.3, -0.25) is 13.9 Å². The molecule has 0 unspecified atom stereocenters. The van der Waals surface area contributed by atoms with Crippen molar-refractivity contribution in [2.24, 2.45) is 14.1 Å². The summed E-state index contributed by atoms with van der Waals surface area (Å²) in [7, 11) is 3.41. The quantitative estimate of drug-likeness (QED) is 0.541. The highest BCUT2D eigenvalue weighted by molar-refractivity contribution is 7.99. The van der Waals surface area contributed by atoms with Crippen molar-refractivity contribution in [3.63, 3.8) is 0 Å². The Hall–Kier alpha value is -2.48. The maximum Gasteiger partial charge on any atom is 0.332 e. The highest BCUT2D eigenvalue weighted by Gasteiger charge is 2.14. The van der Waals surface area contributed by atoms with Crippen molar-refractivity contribution < 1.29 is 4.74 Å². The van der Waals surface area contributed by atoms with E-state index in [-0.39, 0.29) is 11.2 Å². The topological polar surface area (TPSA) is 71.1 Å². The highest BCUT2D eigenvalue weighted by Crippen LogP contribution is 2.19. The Kier molecular flexibility index (Phi) is 6.28. The van der Waals surface area contributed by atoms with Crippen LogP contribution in [0.4, 0.5) is 0 Å². The molecule has 2 heterocycles. The van der Waals surface area contributed by atoms with Crippen LogP contribution in [-0.4, -0.2) is 36.8 Å². The number of hydrogen-bond donors (Lipinski definition) is 0. The molecule has 0 aliphatic carbocycles. The fourth-order valence-electron chi connectivity index (χ4n) is 3.09. The molecule has 150 valence electrons. The highest BCUT2D eigenvalue weighted by atomic mass is 32.2. The molecule has 0 radical (unpaired) electrons. The minimum Gasteiger partial charge on any atom is -0.492 e. The first-order chi connectivity index (χ1) is 13.4. The van der Waals surface area contributed by atoms with E-state index in [1.807, 2.05) is 6.92 Å². The van der Waals surface area contributed by atoms with Crippen LogP contribution in [0, 0.1) is 13.8 Å². The van der Waals surface area contributed by atoms with Crippen LogP contribution in [-0.2, 0) is 20.6 Å². The Morgan fingerprint density at radius 2 is 1.93 bits per heavy atom. The number of aromatic nitrogens is 4. The number of imidazole rings is 1. The van der Waals surface area contributed by atoms with Gasteiger partial charge in [0, 0.05) is 26.4 Å². The number of fused-ring (bicyclic) bond motifs is 1.